The predicted molar refractivity (Wildman–Crippen MR) is 57.1 cm³/mol. The lowest BCUT2D eigenvalue weighted by atomic mass is 10.3. The molecule has 1 aromatic heterocycles. The van der Waals surface area contributed by atoms with Crippen LogP contribution in [0.5, 0.6) is 0 Å². The number of primary amides is 1. The lowest BCUT2D eigenvalue weighted by molar-refractivity contribution is 0.257. The van der Waals surface area contributed by atoms with Crippen molar-refractivity contribution in [1.82, 2.24) is 0 Å². The summed E-state index contributed by atoms with van der Waals surface area (Å²) in [6.45, 7) is 0. The topological polar surface area (TPSA) is 103 Å². The molecule has 0 radical (unpaired) electrons. The van der Waals surface area contributed by atoms with E-state index in [9.17, 15) is 13.2 Å². The average Bonchev–Trinajstić information content (AvgIpc) is 2.63. The van der Waals surface area contributed by atoms with Gasteiger partial charge in [-0.05, 0) is 12.1 Å². The van der Waals surface area contributed by atoms with Crippen LogP contribution in [0.25, 0.3) is 11.0 Å². The summed E-state index contributed by atoms with van der Waals surface area (Å²) in [4.78, 5) is 9.47. The summed E-state index contributed by atoms with van der Waals surface area (Å²) < 4.78 is 26.1. The molecule has 0 bridgehead atoms. The number of carbonyl (C=O) groups excluding carboxylic acids is 1. The van der Waals surface area contributed by atoms with Gasteiger partial charge >= 0.3 is 16.5 Å². The lowest BCUT2D eigenvalue weighted by Crippen LogP contribution is -2.02. The first kappa shape index (κ1) is 11.9. The Kier molecular flexibility index (Phi) is 4.22. The summed E-state index contributed by atoms with van der Waals surface area (Å²) in [6, 6.07) is 8.70. The number of amides is 2. The molecule has 2 rings (SSSR count). The van der Waals surface area contributed by atoms with E-state index in [1.54, 1.807) is 6.26 Å². The van der Waals surface area contributed by atoms with E-state index in [0.717, 1.165) is 11.0 Å². The smallest absolute Gasteiger partial charge is 0.353 e. The van der Waals surface area contributed by atoms with Crippen LogP contribution in [-0.4, -0.2) is 14.4 Å². The molecule has 6 nitrogen and oxygen atoms in total. The molecule has 7 heteroatoms. The molecular formula is C9H8N2O4S. The Morgan fingerprint density at radius 3 is 2.44 bits per heavy atom. The first-order chi connectivity index (χ1) is 7.59. The van der Waals surface area contributed by atoms with Gasteiger partial charge in [0.25, 0.3) is 0 Å². The maximum Gasteiger partial charge on any atom is 0.353 e. The zero-order valence-electron chi connectivity index (χ0n) is 8.03. The number of urea groups is 1. The number of carbonyl (C=O) groups is 1. The monoisotopic (exact) mass is 240 g/mol. The number of nitrogens with two attached hydrogens (primary N) is 1. The fourth-order valence-electron chi connectivity index (χ4n) is 0.980. The molecule has 0 spiro atoms. The second kappa shape index (κ2) is 5.66. The molecule has 0 saturated carbocycles. The molecule has 1 heterocycles. The average molecular weight is 240 g/mol. The highest BCUT2D eigenvalue weighted by Gasteiger charge is 1.89. The molecule has 16 heavy (non-hydrogen) atoms. The zero-order chi connectivity index (χ0) is 12.0. The molecular weight excluding hydrogens is 232 g/mol. The summed E-state index contributed by atoms with van der Waals surface area (Å²) >= 11 is 0. The summed E-state index contributed by atoms with van der Waals surface area (Å²) in [5.41, 5.74) is 5.25. The molecule has 2 aromatic rings. The van der Waals surface area contributed by atoms with Gasteiger partial charge in [-0.3, -0.25) is 0 Å². The zero-order valence-corrected chi connectivity index (χ0v) is 8.85. The van der Waals surface area contributed by atoms with Crippen LogP contribution in [0.15, 0.2) is 45.4 Å². The van der Waals surface area contributed by atoms with Crippen LogP contribution >= 0.6 is 0 Å². The second-order valence-corrected chi connectivity index (χ2v) is 3.22. The fourth-order valence-corrected chi connectivity index (χ4v) is 1.13. The van der Waals surface area contributed by atoms with E-state index in [2.05, 4.69) is 10.1 Å². The van der Waals surface area contributed by atoms with Gasteiger partial charge in [-0.2, -0.15) is 8.42 Å². The number of rotatable bonds is 0. The van der Waals surface area contributed by atoms with Crippen LogP contribution in [0, 0.1) is 0 Å². The quantitative estimate of drug-likeness (QED) is 0.754. The largest absolute Gasteiger partial charge is 0.464 e. The number of hydrogen-bond donors (Lipinski definition) is 1. The third-order valence-electron chi connectivity index (χ3n) is 1.53. The SMILES string of the molecule is NC(=O)N=S(=O)=O.c1ccc2occc2c1. The molecule has 0 unspecified atom stereocenters. The number of nitrogens with zero attached hydrogens (tertiary/aromatic N) is 1. The van der Waals surface area contributed by atoms with Crippen molar-refractivity contribution in [3.05, 3.63) is 36.6 Å². The van der Waals surface area contributed by atoms with E-state index < -0.39 is 16.5 Å². The van der Waals surface area contributed by atoms with Gasteiger partial charge in [0, 0.05) is 5.39 Å². The maximum atomic E-state index is 9.47. The van der Waals surface area contributed by atoms with Crippen LogP contribution in [0.2, 0.25) is 0 Å². The number of fused-ring (bicyclic) bond motifs is 1. The van der Waals surface area contributed by atoms with Crippen molar-refractivity contribution >= 4 is 27.5 Å². The fraction of sp³-hybridized carbons (Fsp3) is 0. The van der Waals surface area contributed by atoms with Crippen LogP contribution in [-0.2, 0) is 10.5 Å². The van der Waals surface area contributed by atoms with Crippen molar-refractivity contribution in [2.75, 3.05) is 0 Å². The van der Waals surface area contributed by atoms with Crippen molar-refractivity contribution < 1.29 is 17.6 Å². The molecule has 0 saturated heterocycles. The van der Waals surface area contributed by atoms with Gasteiger partial charge in [0.15, 0.2) is 0 Å². The van der Waals surface area contributed by atoms with Gasteiger partial charge in [-0.1, -0.05) is 22.6 Å². The standard InChI is InChI=1S/C8H6O.CH2N2O3S/c1-2-4-8-7(3-1)5-6-9-8;2-1(4)3-7(5)6/h1-6H;(H2,2,4). The molecule has 0 aliphatic heterocycles. The normalized spacial score (nSPS) is 9.00. The summed E-state index contributed by atoms with van der Waals surface area (Å²) in [7, 11) is -2.70. The van der Waals surface area contributed by atoms with E-state index in [0.29, 0.717) is 0 Å². The minimum atomic E-state index is -2.70. The van der Waals surface area contributed by atoms with Crippen LogP contribution in [0.4, 0.5) is 4.79 Å². The van der Waals surface area contributed by atoms with Gasteiger partial charge in [0.1, 0.15) is 5.58 Å². The van der Waals surface area contributed by atoms with Gasteiger partial charge < -0.3 is 10.2 Å². The van der Waals surface area contributed by atoms with Crippen molar-refractivity contribution in [2.45, 2.75) is 0 Å². The maximum absolute atomic E-state index is 9.47. The predicted octanol–water partition coefficient (Wildman–Crippen LogP) is 1.56. The third-order valence-corrected chi connectivity index (χ3v) is 1.86. The minimum Gasteiger partial charge on any atom is -0.464 e. The highest BCUT2D eigenvalue weighted by Crippen LogP contribution is 2.12. The lowest BCUT2D eigenvalue weighted by Gasteiger charge is -1.81. The molecule has 0 atom stereocenters. The van der Waals surface area contributed by atoms with E-state index >= 15 is 0 Å². The Labute approximate surface area is 92.4 Å². The second-order valence-electron chi connectivity index (χ2n) is 2.61. The molecule has 2 N–H and O–H groups in total. The molecule has 84 valence electrons. The van der Waals surface area contributed by atoms with Crippen LogP contribution in [0.1, 0.15) is 0 Å². The van der Waals surface area contributed by atoms with Crippen molar-refractivity contribution in [3.8, 4) is 0 Å². The molecule has 0 fully saturated rings. The molecule has 0 aliphatic rings. The number of furan rings is 1. The summed E-state index contributed by atoms with van der Waals surface area (Å²) in [5.74, 6) is 0. The Balaban J connectivity index is 0.000000168. The van der Waals surface area contributed by atoms with E-state index in [1.165, 1.54) is 0 Å². The van der Waals surface area contributed by atoms with Crippen LogP contribution < -0.4 is 5.73 Å². The Hall–Kier alpha value is -2.15. The molecule has 0 aliphatic carbocycles. The molecule has 1 aromatic carbocycles. The summed E-state index contributed by atoms with van der Waals surface area (Å²) in [5, 5.41) is 1.16. The van der Waals surface area contributed by atoms with E-state index in [1.807, 2.05) is 30.3 Å². The molecule has 2 amide bonds. The highest BCUT2D eigenvalue weighted by molar-refractivity contribution is 7.62. The van der Waals surface area contributed by atoms with Crippen molar-refractivity contribution in [3.63, 3.8) is 0 Å². The Bertz CT molecular complexity index is 577. The third kappa shape index (κ3) is 3.93. The Morgan fingerprint density at radius 2 is 1.94 bits per heavy atom. The number of hydrogen-bond acceptors (Lipinski definition) is 4. The Morgan fingerprint density at radius 1 is 1.25 bits per heavy atom. The van der Waals surface area contributed by atoms with E-state index in [4.69, 9.17) is 4.42 Å². The van der Waals surface area contributed by atoms with Gasteiger partial charge in [-0.25, -0.2) is 4.79 Å². The van der Waals surface area contributed by atoms with Crippen molar-refractivity contribution in [1.29, 1.82) is 0 Å². The van der Waals surface area contributed by atoms with Gasteiger partial charge in [-0.15, -0.1) is 0 Å². The first-order valence-electron chi connectivity index (χ1n) is 4.12. The van der Waals surface area contributed by atoms with Gasteiger partial charge in [0.05, 0.1) is 6.26 Å². The number of para-hydroxylation sites is 1. The van der Waals surface area contributed by atoms with Gasteiger partial charge in [0.2, 0.25) is 0 Å². The van der Waals surface area contributed by atoms with Crippen molar-refractivity contribution in [2.24, 2.45) is 10.1 Å². The number of benzene rings is 1. The minimum absolute atomic E-state index is 0.956. The highest BCUT2D eigenvalue weighted by atomic mass is 32.2. The first-order valence-corrected chi connectivity index (χ1v) is 5.15. The van der Waals surface area contributed by atoms with Crippen LogP contribution in [0.3, 0.4) is 0 Å². The van der Waals surface area contributed by atoms with E-state index in [-0.39, 0.29) is 0 Å². The summed E-state index contributed by atoms with van der Waals surface area (Å²) in [6.07, 6.45) is 1.70.